The number of ketones is 1. The van der Waals surface area contributed by atoms with E-state index in [2.05, 4.69) is 11.9 Å². The average molecular weight is 167 g/mol. The largest absolute Gasteiger partial charge is 0.303 e. The van der Waals surface area contributed by atoms with Crippen molar-refractivity contribution >= 4 is 5.78 Å². The van der Waals surface area contributed by atoms with Gasteiger partial charge in [-0.2, -0.15) is 0 Å². The number of piperidine rings is 1. The van der Waals surface area contributed by atoms with Gasteiger partial charge in [0, 0.05) is 18.4 Å². The standard InChI is InChI=1S/C10H17NO/c1-11-7-3-4-8-9(11)5-2-6-10(8)12/h8-9H,2-7H2,1H3/t8-,9-/m1/s1. The van der Waals surface area contributed by atoms with Gasteiger partial charge in [0.05, 0.1) is 0 Å². The quantitative estimate of drug-likeness (QED) is 0.544. The van der Waals surface area contributed by atoms with E-state index >= 15 is 0 Å². The van der Waals surface area contributed by atoms with Crippen molar-refractivity contribution in [3.63, 3.8) is 0 Å². The molecule has 68 valence electrons. The molecule has 0 amide bonds. The SMILES string of the molecule is CN1CCC[C@H]2C(=O)CCC[C@H]21. The van der Waals surface area contributed by atoms with Gasteiger partial charge in [0.1, 0.15) is 5.78 Å². The van der Waals surface area contributed by atoms with E-state index in [-0.39, 0.29) is 0 Å². The molecule has 1 saturated heterocycles. The second-order valence-corrected chi connectivity index (χ2v) is 4.16. The van der Waals surface area contributed by atoms with Crippen LogP contribution in [0.1, 0.15) is 32.1 Å². The highest BCUT2D eigenvalue weighted by Crippen LogP contribution is 2.31. The Morgan fingerprint density at radius 3 is 2.92 bits per heavy atom. The fourth-order valence-electron chi connectivity index (χ4n) is 2.69. The summed E-state index contributed by atoms with van der Waals surface area (Å²) in [7, 11) is 2.16. The van der Waals surface area contributed by atoms with Crippen molar-refractivity contribution < 1.29 is 4.79 Å². The molecule has 2 fully saturated rings. The molecule has 0 N–H and O–H groups in total. The number of carbonyl (C=O) groups is 1. The summed E-state index contributed by atoms with van der Waals surface area (Å²) < 4.78 is 0. The van der Waals surface area contributed by atoms with Crippen LogP contribution in [-0.2, 0) is 4.79 Å². The molecular weight excluding hydrogens is 150 g/mol. The number of fused-ring (bicyclic) bond motifs is 1. The summed E-state index contributed by atoms with van der Waals surface area (Å²) >= 11 is 0. The number of Topliss-reactive ketones (excluding diaryl/α,β-unsaturated/α-hetero) is 1. The van der Waals surface area contributed by atoms with Crippen LogP contribution in [0.5, 0.6) is 0 Å². The number of hydrogen-bond donors (Lipinski definition) is 0. The first-order valence-electron chi connectivity index (χ1n) is 5.02. The molecule has 0 aromatic carbocycles. The van der Waals surface area contributed by atoms with Gasteiger partial charge in [-0.3, -0.25) is 4.79 Å². The van der Waals surface area contributed by atoms with Gasteiger partial charge in [-0.15, -0.1) is 0 Å². The third-order valence-corrected chi connectivity index (χ3v) is 3.39. The summed E-state index contributed by atoms with van der Waals surface area (Å²) in [5.41, 5.74) is 0. The Morgan fingerprint density at radius 1 is 1.33 bits per heavy atom. The lowest BCUT2D eigenvalue weighted by atomic mass is 9.78. The Hall–Kier alpha value is -0.370. The van der Waals surface area contributed by atoms with Crippen LogP contribution >= 0.6 is 0 Å². The van der Waals surface area contributed by atoms with Crippen LogP contribution in [0.4, 0.5) is 0 Å². The fraction of sp³-hybridized carbons (Fsp3) is 0.900. The first kappa shape index (κ1) is 8.24. The fourth-order valence-corrected chi connectivity index (χ4v) is 2.69. The molecule has 1 saturated carbocycles. The normalized spacial score (nSPS) is 37.9. The molecule has 0 aromatic rings. The Bertz CT molecular complexity index is 190. The van der Waals surface area contributed by atoms with Gasteiger partial charge in [0.2, 0.25) is 0 Å². The minimum absolute atomic E-state index is 0.387. The molecule has 1 aliphatic carbocycles. The van der Waals surface area contributed by atoms with Crippen molar-refractivity contribution in [2.75, 3.05) is 13.6 Å². The van der Waals surface area contributed by atoms with E-state index in [1.165, 1.54) is 19.4 Å². The third-order valence-electron chi connectivity index (χ3n) is 3.39. The molecule has 2 aliphatic rings. The lowest BCUT2D eigenvalue weighted by molar-refractivity contribution is -0.129. The first-order valence-corrected chi connectivity index (χ1v) is 5.02. The van der Waals surface area contributed by atoms with Gasteiger partial charge in [-0.1, -0.05) is 0 Å². The van der Waals surface area contributed by atoms with Crippen LogP contribution in [0.2, 0.25) is 0 Å². The maximum absolute atomic E-state index is 11.5. The van der Waals surface area contributed by atoms with Crippen molar-refractivity contribution in [3.8, 4) is 0 Å². The van der Waals surface area contributed by atoms with Gasteiger partial charge in [0.15, 0.2) is 0 Å². The maximum Gasteiger partial charge on any atom is 0.137 e. The summed E-state index contributed by atoms with van der Waals surface area (Å²) in [5.74, 6) is 0.912. The Morgan fingerprint density at radius 2 is 2.17 bits per heavy atom. The van der Waals surface area contributed by atoms with Gasteiger partial charge >= 0.3 is 0 Å². The highest BCUT2D eigenvalue weighted by Gasteiger charge is 2.36. The van der Waals surface area contributed by atoms with Gasteiger partial charge in [0.25, 0.3) is 0 Å². The molecule has 2 rings (SSSR count). The number of rotatable bonds is 0. The Kier molecular flexibility index (Phi) is 2.18. The zero-order chi connectivity index (χ0) is 8.55. The van der Waals surface area contributed by atoms with Crippen molar-refractivity contribution in [1.82, 2.24) is 4.90 Å². The molecule has 2 atom stereocenters. The molecule has 1 aliphatic heterocycles. The monoisotopic (exact) mass is 167 g/mol. The van der Waals surface area contributed by atoms with Crippen LogP contribution in [0, 0.1) is 5.92 Å². The van der Waals surface area contributed by atoms with Crippen molar-refractivity contribution in [2.24, 2.45) is 5.92 Å². The second kappa shape index (κ2) is 3.17. The molecule has 0 spiro atoms. The van der Waals surface area contributed by atoms with E-state index in [0.717, 1.165) is 19.3 Å². The van der Waals surface area contributed by atoms with Crippen LogP contribution in [0.15, 0.2) is 0 Å². The third kappa shape index (κ3) is 1.28. The van der Waals surface area contributed by atoms with Crippen molar-refractivity contribution in [3.05, 3.63) is 0 Å². The van der Waals surface area contributed by atoms with Crippen molar-refractivity contribution in [1.29, 1.82) is 0 Å². The maximum atomic E-state index is 11.5. The Balaban J connectivity index is 2.10. The Labute approximate surface area is 73.9 Å². The molecule has 2 nitrogen and oxygen atoms in total. The zero-order valence-electron chi connectivity index (χ0n) is 7.75. The number of hydrogen-bond acceptors (Lipinski definition) is 2. The molecule has 2 heteroatoms. The summed E-state index contributed by atoms with van der Waals surface area (Å²) in [6.45, 7) is 1.19. The summed E-state index contributed by atoms with van der Waals surface area (Å²) in [4.78, 5) is 13.9. The minimum atomic E-state index is 0.387. The summed E-state index contributed by atoms with van der Waals surface area (Å²) in [6.07, 6.45) is 5.56. The molecule has 12 heavy (non-hydrogen) atoms. The summed E-state index contributed by atoms with van der Waals surface area (Å²) in [6, 6.07) is 0.583. The number of likely N-dealkylation sites (tertiary alicyclic amines) is 1. The predicted molar refractivity (Wildman–Crippen MR) is 48.0 cm³/mol. The van der Waals surface area contributed by atoms with E-state index in [9.17, 15) is 4.79 Å². The highest BCUT2D eigenvalue weighted by atomic mass is 16.1. The smallest absolute Gasteiger partial charge is 0.137 e. The van der Waals surface area contributed by atoms with Crippen LogP contribution in [0.25, 0.3) is 0 Å². The van der Waals surface area contributed by atoms with Gasteiger partial charge in [-0.05, 0) is 39.3 Å². The van der Waals surface area contributed by atoms with Crippen LogP contribution in [-0.4, -0.2) is 30.3 Å². The molecule has 0 bridgehead atoms. The van der Waals surface area contributed by atoms with E-state index in [4.69, 9.17) is 0 Å². The van der Waals surface area contributed by atoms with E-state index in [1.54, 1.807) is 0 Å². The molecule has 0 radical (unpaired) electrons. The first-order chi connectivity index (χ1) is 5.79. The molecule has 1 heterocycles. The number of carbonyl (C=O) groups excluding carboxylic acids is 1. The molecule has 0 aromatic heterocycles. The van der Waals surface area contributed by atoms with E-state index in [1.807, 2.05) is 0 Å². The van der Waals surface area contributed by atoms with E-state index < -0.39 is 0 Å². The topological polar surface area (TPSA) is 20.3 Å². The van der Waals surface area contributed by atoms with Crippen molar-refractivity contribution in [2.45, 2.75) is 38.1 Å². The molecule has 0 unspecified atom stereocenters. The summed E-state index contributed by atoms with van der Waals surface area (Å²) in [5, 5.41) is 0. The number of nitrogens with zero attached hydrogens (tertiary/aromatic N) is 1. The van der Waals surface area contributed by atoms with E-state index in [0.29, 0.717) is 17.7 Å². The van der Waals surface area contributed by atoms with Gasteiger partial charge in [-0.25, -0.2) is 0 Å². The molecular formula is C10H17NO. The van der Waals surface area contributed by atoms with Crippen LogP contribution < -0.4 is 0 Å². The second-order valence-electron chi connectivity index (χ2n) is 4.16. The highest BCUT2D eigenvalue weighted by molar-refractivity contribution is 5.82. The lowest BCUT2D eigenvalue weighted by Crippen LogP contribution is -2.47. The zero-order valence-corrected chi connectivity index (χ0v) is 7.75. The minimum Gasteiger partial charge on any atom is -0.303 e. The predicted octanol–water partition coefficient (Wildman–Crippen LogP) is 1.45. The van der Waals surface area contributed by atoms with Gasteiger partial charge < -0.3 is 4.90 Å². The van der Waals surface area contributed by atoms with Crippen LogP contribution in [0.3, 0.4) is 0 Å². The lowest BCUT2D eigenvalue weighted by Gasteiger charge is -2.41. The average Bonchev–Trinajstić information content (AvgIpc) is 2.07.